The van der Waals surface area contributed by atoms with E-state index in [1.807, 2.05) is 5.32 Å². The van der Waals surface area contributed by atoms with Crippen molar-refractivity contribution in [1.29, 1.82) is 0 Å². The highest BCUT2D eigenvalue weighted by atomic mass is 35.5. The summed E-state index contributed by atoms with van der Waals surface area (Å²) in [7, 11) is 1.06. The number of methoxy groups -OCH3 is 1. The topological polar surface area (TPSA) is 76.7 Å². The highest BCUT2D eigenvalue weighted by Crippen LogP contribution is 2.55. The first-order valence-electron chi connectivity index (χ1n) is 11.5. The normalized spacial score (nSPS) is 12.2. The Labute approximate surface area is 240 Å². The summed E-state index contributed by atoms with van der Waals surface area (Å²) in [5.74, 6) is -4.52. The van der Waals surface area contributed by atoms with Crippen LogP contribution in [0, 0.1) is 12.7 Å². The lowest BCUT2D eigenvalue weighted by atomic mass is 9.93. The Bertz CT molecular complexity index is 1530. The Hall–Kier alpha value is -4.21. The zero-order chi connectivity index (χ0) is 32.5. The molecule has 0 aliphatic carbocycles. The number of ether oxygens (including phenoxy) is 2. The van der Waals surface area contributed by atoms with Crippen LogP contribution in [0.4, 0.5) is 55.3 Å². The van der Waals surface area contributed by atoms with Gasteiger partial charge in [0.2, 0.25) is 0 Å². The third-order valence-corrected chi connectivity index (χ3v) is 6.13. The van der Waals surface area contributed by atoms with Gasteiger partial charge in [-0.3, -0.25) is 9.59 Å². The van der Waals surface area contributed by atoms with E-state index < -0.39 is 69.9 Å². The molecule has 0 heterocycles. The molecule has 3 aromatic carbocycles. The van der Waals surface area contributed by atoms with Crippen LogP contribution in [-0.2, 0) is 5.67 Å². The number of alkyl halides is 9. The van der Waals surface area contributed by atoms with Gasteiger partial charge in [0.1, 0.15) is 11.5 Å². The van der Waals surface area contributed by atoms with Crippen molar-refractivity contribution in [2.45, 2.75) is 31.6 Å². The van der Waals surface area contributed by atoms with Crippen molar-refractivity contribution in [3.05, 3.63) is 81.6 Å². The number of aryl methyl sites for hydroxylation is 1. The predicted octanol–water partition coefficient (Wildman–Crippen LogP) is 8.19. The summed E-state index contributed by atoms with van der Waals surface area (Å²) in [5, 5.41) is 3.11. The molecule has 0 aromatic heterocycles. The molecule has 0 aliphatic rings. The molecule has 0 radical (unpaired) electrons. The van der Waals surface area contributed by atoms with E-state index in [1.165, 1.54) is 25.1 Å². The van der Waals surface area contributed by atoms with Crippen molar-refractivity contribution in [2.75, 3.05) is 17.7 Å². The third-order valence-electron chi connectivity index (χ3n) is 5.83. The largest absolute Gasteiger partial charge is 0.494 e. The summed E-state index contributed by atoms with van der Waals surface area (Å²) in [6, 6.07) is 6.38. The van der Waals surface area contributed by atoms with E-state index in [2.05, 4.69) is 10.1 Å². The number of hydrogen-bond acceptors (Lipinski definition) is 4. The average molecular weight is 647 g/mol. The van der Waals surface area contributed by atoms with Gasteiger partial charge in [0, 0.05) is 11.1 Å². The van der Waals surface area contributed by atoms with Gasteiger partial charge >= 0.3 is 24.6 Å². The molecule has 0 aliphatic heterocycles. The zero-order valence-electron chi connectivity index (χ0n) is 21.5. The van der Waals surface area contributed by atoms with Gasteiger partial charge in [-0.1, -0.05) is 17.7 Å². The van der Waals surface area contributed by atoms with E-state index in [9.17, 15) is 53.5 Å². The summed E-state index contributed by atoms with van der Waals surface area (Å²) < 4.78 is 143. The Morgan fingerprint density at radius 2 is 1.47 bits per heavy atom. The van der Waals surface area contributed by atoms with Gasteiger partial charge in [-0.2, -0.15) is 35.1 Å². The first-order chi connectivity index (χ1) is 19.8. The number of carbonyl (C=O) groups excluding carboxylic acids is 2. The molecule has 3 aromatic rings. The number of para-hydroxylation sites is 1. The van der Waals surface area contributed by atoms with Crippen LogP contribution in [0.1, 0.15) is 31.8 Å². The van der Waals surface area contributed by atoms with Gasteiger partial charge in [0.05, 0.1) is 23.4 Å². The van der Waals surface area contributed by atoms with Crippen molar-refractivity contribution in [3.63, 3.8) is 0 Å². The van der Waals surface area contributed by atoms with Gasteiger partial charge in [-0.15, -0.1) is 0 Å². The van der Waals surface area contributed by atoms with Crippen LogP contribution < -0.4 is 20.1 Å². The number of amides is 2. The Kier molecular flexibility index (Phi) is 9.43. The van der Waals surface area contributed by atoms with Gasteiger partial charge < -0.3 is 20.1 Å². The molecule has 0 unspecified atom stereocenters. The maximum absolute atomic E-state index is 14.6. The SMILES string of the molecule is COc1c(NC(=O)c2ccc(F)cc2C)cccc1C(=O)Nc1c(Cl)cc(C(F)(C(F)(F)F)C(F)(F)F)cc1OC(F)F. The first kappa shape index (κ1) is 33.3. The van der Waals surface area contributed by atoms with E-state index in [1.54, 1.807) is 0 Å². The molecule has 2 N–H and O–H groups in total. The van der Waals surface area contributed by atoms with Crippen molar-refractivity contribution in [1.82, 2.24) is 0 Å². The van der Waals surface area contributed by atoms with Crippen LogP contribution in [0.5, 0.6) is 11.5 Å². The molecule has 6 nitrogen and oxygen atoms in total. The van der Waals surface area contributed by atoms with Crippen LogP contribution in [0.2, 0.25) is 5.02 Å². The summed E-state index contributed by atoms with van der Waals surface area (Å²) in [6.45, 7) is -2.42. The fourth-order valence-corrected chi connectivity index (χ4v) is 4.12. The zero-order valence-corrected chi connectivity index (χ0v) is 22.2. The van der Waals surface area contributed by atoms with Crippen LogP contribution in [0.15, 0.2) is 48.5 Å². The molecule has 3 rings (SSSR count). The van der Waals surface area contributed by atoms with Crippen LogP contribution >= 0.6 is 11.6 Å². The number of benzene rings is 3. The summed E-state index contributed by atoms with van der Waals surface area (Å²) in [6.07, 6.45) is -13.2. The minimum atomic E-state index is -6.61. The molecule has 0 atom stereocenters. The third kappa shape index (κ3) is 6.73. The molecule has 0 spiro atoms. The van der Waals surface area contributed by atoms with Crippen molar-refractivity contribution in [3.8, 4) is 11.5 Å². The smallest absolute Gasteiger partial charge is 0.435 e. The fourth-order valence-electron chi connectivity index (χ4n) is 3.87. The molecule has 2 amide bonds. The minimum absolute atomic E-state index is 0.0422. The standard InChI is InChI=1S/C26H17ClF10N2O4/c1-11-8-13(28)6-7-14(11)21(40)38-17-5-3-4-15(20(17)42-2)22(41)39-19-16(27)9-12(10-18(19)43-23(29)30)24(31,25(32,33)34)26(35,36)37/h3-10,23H,1-2H3,(H,38,40)(H,39,41). The quantitative estimate of drug-likeness (QED) is 0.242. The van der Waals surface area contributed by atoms with E-state index in [4.69, 9.17) is 16.3 Å². The summed E-state index contributed by atoms with van der Waals surface area (Å²) >= 11 is 5.77. The highest BCUT2D eigenvalue weighted by Gasteiger charge is 2.73. The fraction of sp³-hybridized carbons (Fsp3) is 0.231. The monoisotopic (exact) mass is 646 g/mol. The van der Waals surface area contributed by atoms with Gasteiger partial charge in [-0.05, 0) is 55.0 Å². The lowest BCUT2D eigenvalue weighted by Gasteiger charge is -2.31. The van der Waals surface area contributed by atoms with E-state index in [0.29, 0.717) is 0 Å². The summed E-state index contributed by atoms with van der Waals surface area (Å²) in [5.41, 5.74) is -9.61. The van der Waals surface area contributed by atoms with Crippen molar-refractivity contribution < 1.29 is 63.0 Å². The maximum Gasteiger partial charge on any atom is 0.435 e. The van der Waals surface area contributed by atoms with Crippen molar-refractivity contribution >= 4 is 34.8 Å². The lowest BCUT2D eigenvalue weighted by molar-refractivity contribution is -0.348. The molecule has 0 fully saturated rings. The molecule has 0 saturated carbocycles. The van der Waals surface area contributed by atoms with Crippen LogP contribution in [-0.4, -0.2) is 37.9 Å². The van der Waals surface area contributed by atoms with Gasteiger partial charge in [-0.25, -0.2) is 8.78 Å². The first-order valence-corrected chi connectivity index (χ1v) is 11.9. The molecule has 0 saturated heterocycles. The molecular formula is C26H17ClF10N2O4. The molecule has 232 valence electrons. The minimum Gasteiger partial charge on any atom is -0.494 e. The number of rotatable bonds is 8. The highest BCUT2D eigenvalue weighted by molar-refractivity contribution is 6.34. The van der Waals surface area contributed by atoms with Gasteiger partial charge in [0.15, 0.2) is 11.5 Å². The molecular weight excluding hydrogens is 630 g/mol. The Morgan fingerprint density at radius 1 is 0.860 bits per heavy atom. The lowest BCUT2D eigenvalue weighted by Crippen LogP contribution is -2.50. The molecule has 43 heavy (non-hydrogen) atoms. The van der Waals surface area contributed by atoms with Crippen LogP contribution in [0.25, 0.3) is 0 Å². The Balaban J connectivity index is 2.05. The molecule has 17 heteroatoms. The second kappa shape index (κ2) is 12.2. The van der Waals surface area contributed by atoms with E-state index >= 15 is 0 Å². The second-order valence-electron chi connectivity index (χ2n) is 8.62. The molecule has 0 bridgehead atoms. The number of nitrogens with one attached hydrogen (secondary N) is 2. The van der Waals surface area contributed by atoms with Gasteiger partial charge in [0.25, 0.3) is 11.8 Å². The van der Waals surface area contributed by atoms with E-state index in [0.717, 1.165) is 25.3 Å². The van der Waals surface area contributed by atoms with Crippen LogP contribution in [0.3, 0.4) is 0 Å². The number of halogens is 11. The predicted molar refractivity (Wildman–Crippen MR) is 133 cm³/mol. The number of carbonyl (C=O) groups is 2. The second-order valence-corrected chi connectivity index (χ2v) is 9.02. The summed E-state index contributed by atoms with van der Waals surface area (Å²) in [4.78, 5) is 25.8. The van der Waals surface area contributed by atoms with E-state index in [-0.39, 0.29) is 34.7 Å². The number of anilines is 2. The van der Waals surface area contributed by atoms with Crippen molar-refractivity contribution in [2.24, 2.45) is 0 Å². The Morgan fingerprint density at radius 3 is 2.00 bits per heavy atom. The number of hydrogen-bond donors (Lipinski definition) is 2. The maximum atomic E-state index is 14.6. The average Bonchev–Trinajstić information content (AvgIpc) is 2.87.